The van der Waals surface area contributed by atoms with E-state index in [1.165, 1.54) is 22.7 Å². The van der Waals surface area contributed by atoms with Crippen LogP contribution in [0.4, 0.5) is 11.4 Å². The molecule has 0 spiro atoms. The van der Waals surface area contributed by atoms with Crippen LogP contribution in [0.15, 0.2) is 71.7 Å². The highest BCUT2D eigenvalue weighted by Gasteiger charge is 2.18. The van der Waals surface area contributed by atoms with Gasteiger partial charge >= 0.3 is 0 Å². The van der Waals surface area contributed by atoms with Crippen molar-refractivity contribution in [3.8, 4) is 0 Å². The van der Waals surface area contributed by atoms with Crippen LogP contribution in [0.5, 0.6) is 0 Å². The Morgan fingerprint density at radius 3 is 2.22 bits per heavy atom. The Morgan fingerprint density at radius 2 is 1.53 bits per heavy atom. The van der Waals surface area contributed by atoms with E-state index in [4.69, 9.17) is 0 Å². The summed E-state index contributed by atoms with van der Waals surface area (Å²) >= 11 is 3.01. The molecule has 0 unspecified atom stereocenters. The number of hydrogen-bond donors (Lipinski definition) is 1. The Balaban J connectivity index is 1.38. The smallest absolute Gasteiger partial charge is 0.258 e. The number of nitrogens with zero attached hydrogens (tertiary/aromatic N) is 3. The molecule has 158 valence electrons. The molecule has 2 amide bonds. The maximum atomic E-state index is 13.2. The van der Waals surface area contributed by atoms with Gasteiger partial charge in [0.1, 0.15) is 0 Å². The van der Waals surface area contributed by atoms with Gasteiger partial charge in [-0.3, -0.25) is 9.59 Å². The summed E-state index contributed by atoms with van der Waals surface area (Å²) in [4.78, 5) is 36.2. The number of carbonyl (C=O) groups excluding carboxylic acids is 2. The van der Waals surface area contributed by atoms with E-state index < -0.39 is 0 Å². The van der Waals surface area contributed by atoms with Crippen molar-refractivity contribution in [1.29, 1.82) is 0 Å². The van der Waals surface area contributed by atoms with Crippen LogP contribution in [-0.2, 0) is 0 Å². The third-order valence-corrected chi connectivity index (χ3v) is 6.73. The minimum absolute atomic E-state index is 0.0954. The molecule has 0 aliphatic rings. The molecule has 32 heavy (non-hydrogen) atoms. The summed E-state index contributed by atoms with van der Waals surface area (Å²) in [5.41, 5.74) is 7.81. The summed E-state index contributed by atoms with van der Waals surface area (Å²) in [5, 5.41) is 2.93. The second kappa shape index (κ2) is 8.49. The van der Waals surface area contributed by atoms with Crippen LogP contribution in [0.3, 0.4) is 0 Å². The predicted molar refractivity (Wildman–Crippen MR) is 131 cm³/mol. The average Bonchev–Trinajstić information content (AvgIpc) is 3.48. The van der Waals surface area contributed by atoms with Crippen LogP contribution in [-0.4, -0.2) is 28.3 Å². The maximum absolute atomic E-state index is 13.2. The van der Waals surface area contributed by atoms with Crippen LogP contribution >= 0.6 is 22.7 Å². The summed E-state index contributed by atoms with van der Waals surface area (Å²) < 4.78 is 1.94. The lowest BCUT2D eigenvalue weighted by atomic mass is 10.1. The molecule has 2 heterocycles. The number of carbonyl (C=O) groups is 2. The van der Waals surface area contributed by atoms with Gasteiger partial charge in [0, 0.05) is 29.0 Å². The molecule has 0 radical (unpaired) electrons. The number of amides is 2. The van der Waals surface area contributed by atoms with Crippen LogP contribution in [0.2, 0.25) is 0 Å². The fourth-order valence-corrected chi connectivity index (χ4v) is 4.97. The normalized spacial score (nSPS) is 11.0. The van der Waals surface area contributed by atoms with Gasteiger partial charge < -0.3 is 10.2 Å². The van der Waals surface area contributed by atoms with Gasteiger partial charge in [-0.2, -0.15) is 0 Å². The zero-order valence-electron chi connectivity index (χ0n) is 17.1. The van der Waals surface area contributed by atoms with Crippen molar-refractivity contribution in [3.63, 3.8) is 0 Å². The SMILES string of the molecule is CCN(C(=O)c1ccc2ncsc2c1)c1cccc(NC(=O)c2ccc3ncsc3c2)c1. The van der Waals surface area contributed by atoms with Gasteiger partial charge in [-0.1, -0.05) is 6.07 Å². The molecule has 0 saturated heterocycles. The van der Waals surface area contributed by atoms with E-state index >= 15 is 0 Å². The molecule has 0 atom stereocenters. The number of rotatable bonds is 5. The molecule has 3 aromatic carbocycles. The fourth-order valence-electron chi connectivity index (χ4n) is 3.54. The number of anilines is 2. The molecule has 0 aliphatic carbocycles. The molecule has 8 heteroatoms. The molecule has 0 bridgehead atoms. The molecule has 0 fully saturated rings. The number of fused-ring (bicyclic) bond motifs is 2. The Bertz CT molecular complexity index is 1460. The quantitative estimate of drug-likeness (QED) is 0.360. The minimum atomic E-state index is -0.206. The van der Waals surface area contributed by atoms with Crippen molar-refractivity contribution in [1.82, 2.24) is 9.97 Å². The standard InChI is InChI=1S/C24H18N4O2S2/c1-2-28(24(30)16-7-9-20-22(11-16)32-14-26-20)18-5-3-4-17(12-18)27-23(29)15-6-8-19-21(10-15)31-13-25-19/h3-14H,2H2,1H3,(H,27,29). The highest BCUT2D eigenvalue weighted by molar-refractivity contribution is 7.17. The van der Waals surface area contributed by atoms with Crippen LogP contribution < -0.4 is 10.2 Å². The Labute approximate surface area is 192 Å². The number of nitrogens with one attached hydrogen (secondary N) is 1. The lowest BCUT2D eigenvalue weighted by Gasteiger charge is -2.22. The molecule has 2 aromatic heterocycles. The number of hydrogen-bond acceptors (Lipinski definition) is 6. The molecule has 0 aliphatic heterocycles. The van der Waals surface area contributed by atoms with Gasteiger partial charge in [0.05, 0.1) is 31.5 Å². The van der Waals surface area contributed by atoms with Crippen LogP contribution in [0, 0.1) is 0 Å². The Morgan fingerprint density at radius 1 is 0.875 bits per heavy atom. The highest BCUT2D eigenvalue weighted by Crippen LogP contribution is 2.25. The summed E-state index contributed by atoms with van der Waals surface area (Å²) in [6, 6.07) is 18.3. The highest BCUT2D eigenvalue weighted by atomic mass is 32.1. The average molecular weight is 459 g/mol. The topological polar surface area (TPSA) is 75.2 Å². The third-order valence-electron chi connectivity index (χ3n) is 5.15. The van der Waals surface area contributed by atoms with E-state index in [-0.39, 0.29) is 11.8 Å². The second-order valence-corrected chi connectivity index (χ2v) is 8.90. The first-order chi connectivity index (χ1) is 15.6. The van der Waals surface area contributed by atoms with Crippen molar-refractivity contribution in [3.05, 3.63) is 82.8 Å². The first-order valence-corrected chi connectivity index (χ1v) is 11.8. The molecule has 5 aromatic rings. The van der Waals surface area contributed by atoms with E-state index in [0.717, 1.165) is 26.1 Å². The summed E-state index contributed by atoms with van der Waals surface area (Å²) in [6.45, 7) is 2.43. The zero-order chi connectivity index (χ0) is 22.1. The van der Waals surface area contributed by atoms with Gasteiger partial charge in [-0.25, -0.2) is 9.97 Å². The Kier molecular flexibility index (Phi) is 5.38. The lowest BCUT2D eigenvalue weighted by molar-refractivity contribution is 0.0987. The largest absolute Gasteiger partial charge is 0.322 e. The van der Waals surface area contributed by atoms with Crippen molar-refractivity contribution >= 4 is 66.3 Å². The first kappa shape index (κ1) is 20.3. The number of thiazole rings is 2. The van der Waals surface area contributed by atoms with E-state index in [1.54, 1.807) is 28.1 Å². The van der Waals surface area contributed by atoms with E-state index in [2.05, 4.69) is 15.3 Å². The zero-order valence-corrected chi connectivity index (χ0v) is 18.7. The fraction of sp³-hybridized carbons (Fsp3) is 0.0833. The van der Waals surface area contributed by atoms with E-state index in [0.29, 0.717) is 23.4 Å². The Hall–Kier alpha value is -3.62. The summed E-state index contributed by atoms with van der Waals surface area (Å²) in [6.07, 6.45) is 0. The van der Waals surface area contributed by atoms with Crippen molar-refractivity contribution < 1.29 is 9.59 Å². The molecular weight excluding hydrogens is 440 g/mol. The van der Waals surface area contributed by atoms with Gasteiger partial charge in [-0.05, 0) is 61.5 Å². The molecule has 0 saturated carbocycles. The van der Waals surface area contributed by atoms with Gasteiger partial charge in [0.25, 0.3) is 11.8 Å². The van der Waals surface area contributed by atoms with Gasteiger partial charge in [0.2, 0.25) is 0 Å². The van der Waals surface area contributed by atoms with Crippen molar-refractivity contribution in [2.24, 2.45) is 0 Å². The van der Waals surface area contributed by atoms with E-state index in [9.17, 15) is 9.59 Å². The first-order valence-electron chi connectivity index (χ1n) is 10.0. The molecule has 1 N–H and O–H groups in total. The second-order valence-electron chi connectivity index (χ2n) is 7.12. The maximum Gasteiger partial charge on any atom is 0.258 e. The van der Waals surface area contributed by atoms with Gasteiger partial charge in [0.15, 0.2) is 0 Å². The van der Waals surface area contributed by atoms with E-state index in [1.807, 2.05) is 55.5 Å². The molecule has 5 rings (SSSR count). The number of benzene rings is 3. The monoisotopic (exact) mass is 458 g/mol. The summed E-state index contributed by atoms with van der Waals surface area (Å²) in [5.74, 6) is -0.301. The molecular formula is C24H18N4O2S2. The number of aromatic nitrogens is 2. The van der Waals surface area contributed by atoms with Crippen LogP contribution in [0.25, 0.3) is 20.4 Å². The third kappa shape index (κ3) is 3.86. The summed E-state index contributed by atoms with van der Waals surface area (Å²) in [7, 11) is 0. The van der Waals surface area contributed by atoms with Crippen molar-refractivity contribution in [2.45, 2.75) is 6.92 Å². The molecule has 6 nitrogen and oxygen atoms in total. The predicted octanol–water partition coefficient (Wildman–Crippen LogP) is 5.83. The van der Waals surface area contributed by atoms with Gasteiger partial charge in [-0.15, -0.1) is 22.7 Å². The van der Waals surface area contributed by atoms with Crippen LogP contribution in [0.1, 0.15) is 27.6 Å². The minimum Gasteiger partial charge on any atom is -0.322 e. The lowest BCUT2D eigenvalue weighted by Crippen LogP contribution is -2.30. The van der Waals surface area contributed by atoms with Crippen molar-refractivity contribution in [2.75, 3.05) is 16.8 Å².